The van der Waals surface area contributed by atoms with E-state index in [2.05, 4.69) is 10.3 Å². The lowest BCUT2D eigenvalue weighted by atomic mass is 10.2. The predicted molar refractivity (Wildman–Crippen MR) is 57.3 cm³/mol. The molecule has 0 aliphatic carbocycles. The monoisotopic (exact) mass is 226 g/mol. The molecule has 4 nitrogen and oxygen atoms in total. The van der Waals surface area contributed by atoms with E-state index in [0.29, 0.717) is 17.7 Å². The van der Waals surface area contributed by atoms with Gasteiger partial charge >= 0.3 is 0 Å². The lowest BCUT2D eigenvalue weighted by molar-refractivity contribution is 0.496. The molecule has 2 heterocycles. The molecule has 15 heavy (non-hydrogen) atoms. The molecule has 0 aromatic carbocycles. The maximum atomic E-state index is 12.1. The molecule has 2 rings (SSSR count). The zero-order valence-electron chi connectivity index (χ0n) is 8.39. The van der Waals surface area contributed by atoms with Gasteiger partial charge in [0.25, 0.3) is 0 Å². The van der Waals surface area contributed by atoms with E-state index in [9.17, 15) is 8.42 Å². The largest absolute Gasteiger partial charge is 0.317 e. The Hall–Kier alpha value is -0.940. The van der Waals surface area contributed by atoms with Crippen molar-refractivity contribution in [2.75, 3.05) is 13.1 Å². The van der Waals surface area contributed by atoms with Crippen molar-refractivity contribution < 1.29 is 8.42 Å². The Morgan fingerprint density at radius 1 is 1.33 bits per heavy atom. The highest BCUT2D eigenvalue weighted by atomic mass is 32.2. The highest BCUT2D eigenvalue weighted by molar-refractivity contribution is 7.92. The van der Waals surface area contributed by atoms with Gasteiger partial charge in [0.1, 0.15) is 0 Å². The highest BCUT2D eigenvalue weighted by Gasteiger charge is 2.28. The number of nitrogens with zero attached hydrogens (tertiary/aromatic N) is 1. The Morgan fingerprint density at radius 2 is 2.07 bits per heavy atom. The summed E-state index contributed by atoms with van der Waals surface area (Å²) in [5.74, 6) is 0. The lowest BCUT2D eigenvalue weighted by Gasteiger charge is -2.22. The van der Waals surface area contributed by atoms with Crippen LogP contribution in [-0.4, -0.2) is 31.7 Å². The molecule has 1 aromatic heterocycles. The predicted octanol–water partition coefficient (Wildman–Crippen LogP) is 0.607. The Balaban J connectivity index is 2.26. The van der Waals surface area contributed by atoms with E-state index in [4.69, 9.17) is 0 Å². The van der Waals surface area contributed by atoms with Crippen molar-refractivity contribution in [3.8, 4) is 0 Å². The van der Waals surface area contributed by atoms with Gasteiger partial charge < -0.3 is 5.32 Å². The quantitative estimate of drug-likeness (QED) is 0.802. The minimum absolute atomic E-state index is 0.247. The minimum atomic E-state index is -3.16. The molecule has 0 unspecified atom stereocenters. The van der Waals surface area contributed by atoms with Gasteiger partial charge in [-0.05, 0) is 38.1 Å². The maximum Gasteiger partial charge on any atom is 0.182 e. The standard InChI is InChI=1S/C10H14N2O2S/c13-15(14,9-3-6-11-7-4-9)10-2-1-5-12-8-10/h1-2,5,8-9,11H,3-4,6-7H2. The second-order valence-corrected chi connectivity index (χ2v) is 5.91. The normalized spacial score (nSPS) is 18.9. The fraction of sp³-hybridized carbons (Fsp3) is 0.500. The third-order valence-electron chi connectivity index (χ3n) is 2.69. The van der Waals surface area contributed by atoms with Crippen LogP contribution in [-0.2, 0) is 9.84 Å². The van der Waals surface area contributed by atoms with Crippen LogP contribution >= 0.6 is 0 Å². The second kappa shape index (κ2) is 4.28. The van der Waals surface area contributed by atoms with Crippen LogP contribution in [0.3, 0.4) is 0 Å². The zero-order chi connectivity index (χ0) is 10.7. The summed E-state index contributed by atoms with van der Waals surface area (Å²) in [6.07, 6.45) is 4.40. The van der Waals surface area contributed by atoms with Crippen LogP contribution in [0.15, 0.2) is 29.4 Å². The Bertz CT molecular complexity index is 410. The first-order valence-corrected chi connectivity index (χ1v) is 6.60. The number of sulfone groups is 1. The number of hydrogen-bond donors (Lipinski definition) is 1. The van der Waals surface area contributed by atoms with E-state index in [1.165, 1.54) is 6.20 Å². The molecule has 1 saturated heterocycles. The summed E-state index contributed by atoms with van der Waals surface area (Å²) in [5.41, 5.74) is 0. The van der Waals surface area contributed by atoms with Gasteiger partial charge in [0.05, 0.1) is 10.1 Å². The van der Waals surface area contributed by atoms with Crippen LogP contribution in [0.2, 0.25) is 0 Å². The van der Waals surface area contributed by atoms with Gasteiger partial charge in [0.15, 0.2) is 9.84 Å². The summed E-state index contributed by atoms with van der Waals surface area (Å²) < 4.78 is 24.2. The van der Waals surface area contributed by atoms with Crippen LogP contribution < -0.4 is 5.32 Å². The van der Waals surface area contributed by atoms with Crippen molar-refractivity contribution in [1.29, 1.82) is 0 Å². The van der Waals surface area contributed by atoms with Gasteiger partial charge in [-0.3, -0.25) is 4.98 Å². The van der Waals surface area contributed by atoms with Gasteiger partial charge in [-0.2, -0.15) is 0 Å². The van der Waals surface area contributed by atoms with Crippen molar-refractivity contribution >= 4 is 9.84 Å². The summed E-state index contributed by atoms with van der Waals surface area (Å²) in [6, 6.07) is 3.28. The van der Waals surface area contributed by atoms with Crippen molar-refractivity contribution in [2.24, 2.45) is 0 Å². The molecular weight excluding hydrogens is 212 g/mol. The third-order valence-corrected chi connectivity index (χ3v) is 4.94. The van der Waals surface area contributed by atoms with E-state index in [-0.39, 0.29) is 5.25 Å². The molecule has 82 valence electrons. The molecular formula is C10H14N2O2S. The summed E-state index contributed by atoms with van der Waals surface area (Å²) in [4.78, 5) is 4.20. The molecule has 0 saturated carbocycles. The average molecular weight is 226 g/mol. The van der Waals surface area contributed by atoms with Crippen molar-refractivity contribution in [3.05, 3.63) is 24.5 Å². The summed E-state index contributed by atoms with van der Waals surface area (Å²) in [7, 11) is -3.16. The molecule has 1 aromatic rings. The smallest absolute Gasteiger partial charge is 0.182 e. The van der Waals surface area contributed by atoms with Crippen LogP contribution in [0.1, 0.15) is 12.8 Å². The van der Waals surface area contributed by atoms with E-state index in [1.54, 1.807) is 18.3 Å². The Labute approximate surface area is 89.6 Å². The first-order chi connectivity index (χ1) is 7.21. The topological polar surface area (TPSA) is 59.1 Å². The van der Waals surface area contributed by atoms with Gasteiger partial charge in [0.2, 0.25) is 0 Å². The maximum absolute atomic E-state index is 12.1. The molecule has 0 bridgehead atoms. The zero-order valence-corrected chi connectivity index (χ0v) is 9.20. The molecule has 0 atom stereocenters. The van der Waals surface area contributed by atoms with Crippen molar-refractivity contribution in [1.82, 2.24) is 10.3 Å². The number of hydrogen-bond acceptors (Lipinski definition) is 4. The van der Waals surface area contributed by atoms with E-state index in [1.807, 2.05) is 0 Å². The van der Waals surface area contributed by atoms with Gasteiger partial charge in [0, 0.05) is 12.4 Å². The van der Waals surface area contributed by atoms with Crippen LogP contribution in [0.25, 0.3) is 0 Å². The number of pyridine rings is 1. The molecule has 0 radical (unpaired) electrons. The molecule has 1 N–H and O–H groups in total. The van der Waals surface area contributed by atoms with Gasteiger partial charge in [-0.1, -0.05) is 0 Å². The number of rotatable bonds is 2. The van der Waals surface area contributed by atoms with Crippen molar-refractivity contribution in [3.63, 3.8) is 0 Å². The molecule has 0 spiro atoms. The number of nitrogens with one attached hydrogen (secondary N) is 1. The number of aromatic nitrogens is 1. The fourth-order valence-corrected chi connectivity index (χ4v) is 3.53. The Morgan fingerprint density at radius 3 is 2.67 bits per heavy atom. The molecule has 0 amide bonds. The molecule has 5 heteroatoms. The van der Waals surface area contributed by atoms with E-state index >= 15 is 0 Å². The summed E-state index contributed by atoms with van der Waals surface area (Å²) in [6.45, 7) is 1.56. The summed E-state index contributed by atoms with van der Waals surface area (Å²) >= 11 is 0. The lowest BCUT2D eigenvalue weighted by Crippen LogP contribution is -2.35. The fourth-order valence-electron chi connectivity index (χ4n) is 1.81. The first kappa shape index (κ1) is 10.6. The van der Waals surface area contributed by atoms with E-state index < -0.39 is 9.84 Å². The third kappa shape index (κ3) is 2.18. The highest BCUT2D eigenvalue weighted by Crippen LogP contribution is 2.21. The minimum Gasteiger partial charge on any atom is -0.317 e. The van der Waals surface area contributed by atoms with Crippen molar-refractivity contribution in [2.45, 2.75) is 23.0 Å². The summed E-state index contributed by atoms with van der Waals surface area (Å²) in [5, 5.41) is 2.91. The molecule has 1 aliphatic rings. The molecule has 1 fully saturated rings. The Kier molecular flexibility index (Phi) is 3.02. The number of piperidine rings is 1. The van der Waals surface area contributed by atoms with Crippen LogP contribution in [0, 0.1) is 0 Å². The first-order valence-electron chi connectivity index (χ1n) is 5.06. The van der Waals surface area contributed by atoms with Gasteiger partial charge in [-0.25, -0.2) is 8.42 Å². The SMILES string of the molecule is O=S(=O)(c1cccnc1)C1CCNCC1. The van der Waals surface area contributed by atoms with Gasteiger partial charge in [-0.15, -0.1) is 0 Å². The second-order valence-electron chi connectivity index (χ2n) is 3.68. The van der Waals surface area contributed by atoms with Crippen LogP contribution in [0.5, 0.6) is 0 Å². The average Bonchev–Trinajstić information content (AvgIpc) is 2.31. The van der Waals surface area contributed by atoms with Crippen LogP contribution in [0.4, 0.5) is 0 Å². The van der Waals surface area contributed by atoms with E-state index in [0.717, 1.165) is 13.1 Å². The molecule has 1 aliphatic heterocycles.